The molecule has 1 aliphatic carbocycles. The second-order valence-corrected chi connectivity index (χ2v) is 8.65. The molecule has 1 atom stereocenters. The minimum Gasteiger partial charge on any atom is -0.374 e. The third-order valence-electron chi connectivity index (χ3n) is 4.87. The second-order valence-electron chi connectivity index (χ2n) is 7.00. The number of piperidine rings is 1. The summed E-state index contributed by atoms with van der Waals surface area (Å²) in [6.07, 6.45) is 6.55. The van der Waals surface area contributed by atoms with Gasteiger partial charge in [-0.3, -0.25) is 4.79 Å². The molecule has 1 amide bonds. The summed E-state index contributed by atoms with van der Waals surface area (Å²) in [5.74, 6) is -0.171. The van der Waals surface area contributed by atoms with Crippen LogP contribution >= 0.6 is 23.5 Å². The molecule has 0 aromatic heterocycles. The van der Waals surface area contributed by atoms with Gasteiger partial charge in [-0.2, -0.15) is 0 Å². The van der Waals surface area contributed by atoms with Gasteiger partial charge in [-0.05, 0) is 61.6 Å². The van der Waals surface area contributed by atoms with Gasteiger partial charge in [0.05, 0.1) is 6.10 Å². The van der Waals surface area contributed by atoms with Crippen molar-refractivity contribution in [1.82, 2.24) is 9.62 Å². The van der Waals surface area contributed by atoms with Crippen molar-refractivity contribution in [2.75, 3.05) is 19.7 Å². The Kier molecular flexibility index (Phi) is 7.97. The van der Waals surface area contributed by atoms with Crippen LogP contribution < -0.4 is 5.32 Å². The standard InChI is InChI=1S/C21H26ClFN2O2S/c1-2-27-19-11-17(22)12-20(13-19)28-25-9-7-16(8-10-25)21(26)24-14-15-3-5-18(23)6-4-15/h3-6,12-13,16,19H,2,7-11,14H2,1H3,(H,24,26). The summed E-state index contributed by atoms with van der Waals surface area (Å²) in [6.45, 7) is 4.78. The van der Waals surface area contributed by atoms with Crippen molar-refractivity contribution in [1.29, 1.82) is 0 Å². The van der Waals surface area contributed by atoms with Gasteiger partial charge in [0.2, 0.25) is 5.91 Å². The number of ether oxygens (including phenoxy) is 1. The normalized spacial score (nSPS) is 21.2. The molecular formula is C21H26ClFN2O2S. The Labute approximate surface area is 175 Å². The highest BCUT2D eigenvalue weighted by Crippen LogP contribution is 2.33. The van der Waals surface area contributed by atoms with Gasteiger partial charge >= 0.3 is 0 Å². The van der Waals surface area contributed by atoms with Crippen molar-refractivity contribution in [2.24, 2.45) is 5.92 Å². The predicted molar refractivity (Wildman–Crippen MR) is 112 cm³/mol. The van der Waals surface area contributed by atoms with E-state index in [4.69, 9.17) is 16.3 Å². The number of carbonyl (C=O) groups excluding carboxylic acids is 1. The number of hydrogen-bond donors (Lipinski definition) is 1. The number of halogens is 2. The number of hydrogen-bond acceptors (Lipinski definition) is 4. The number of nitrogens with zero attached hydrogens (tertiary/aromatic N) is 1. The van der Waals surface area contributed by atoms with E-state index in [9.17, 15) is 9.18 Å². The average molecular weight is 425 g/mol. The maximum absolute atomic E-state index is 12.9. The van der Waals surface area contributed by atoms with Gasteiger partial charge < -0.3 is 10.1 Å². The van der Waals surface area contributed by atoms with Gasteiger partial charge in [-0.1, -0.05) is 23.7 Å². The molecule has 152 valence electrons. The third-order valence-corrected chi connectivity index (χ3v) is 6.22. The molecule has 0 saturated carbocycles. The number of nitrogens with one attached hydrogen (secondary N) is 1. The molecule has 1 N–H and O–H groups in total. The fourth-order valence-corrected chi connectivity index (χ4v) is 4.80. The minimum absolute atomic E-state index is 0.0212. The molecule has 1 unspecified atom stereocenters. The average Bonchev–Trinajstić information content (AvgIpc) is 2.68. The van der Waals surface area contributed by atoms with Crippen LogP contribution in [0.3, 0.4) is 0 Å². The summed E-state index contributed by atoms with van der Waals surface area (Å²) >= 11 is 7.94. The van der Waals surface area contributed by atoms with Crippen LogP contribution in [0, 0.1) is 11.7 Å². The van der Waals surface area contributed by atoms with Crippen molar-refractivity contribution in [3.8, 4) is 0 Å². The molecule has 2 aliphatic rings. The molecule has 4 nitrogen and oxygen atoms in total. The van der Waals surface area contributed by atoms with Gasteiger partial charge in [0.25, 0.3) is 0 Å². The lowest BCUT2D eigenvalue weighted by atomic mass is 9.97. The molecule has 28 heavy (non-hydrogen) atoms. The first kappa shape index (κ1) is 21.4. The molecule has 1 saturated heterocycles. The zero-order valence-corrected chi connectivity index (χ0v) is 17.6. The van der Waals surface area contributed by atoms with Crippen LogP contribution in [-0.2, 0) is 16.1 Å². The zero-order chi connectivity index (χ0) is 19.9. The van der Waals surface area contributed by atoms with Crippen LogP contribution in [-0.4, -0.2) is 36.0 Å². The first-order valence-corrected chi connectivity index (χ1v) is 10.8. The van der Waals surface area contributed by atoms with E-state index in [0.29, 0.717) is 13.2 Å². The lowest BCUT2D eigenvalue weighted by Gasteiger charge is -2.31. The Morgan fingerprint density at radius 3 is 2.71 bits per heavy atom. The molecule has 3 rings (SSSR count). The fraction of sp³-hybridized carbons (Fsp3) is 0.476. The highest BCUT2D eigenvalue weighted by Gasteiger charge is 2.26. The van der Waals surface area contributed by atoms with E-state index in [1.165, 1.54) is 12.1 Å². The molecule has 0 spiro atoms. The highest BCUT2D eigenvalue weighted by molar-refractivity contribution is 8.01. The van der Waals surface area contributed by atoms with E-state index in [2.05, 4.69) is 15.7 Å². The summed E-state index contributed by atoms with van der Waals surface area (Å²) < 4.78 is 20.9. The summed E-state index contributed by atoms with van der Waals surface area (Å²) in [6, 6.07) is 6.21. The van der Waals surface area contributed by atoms with Crippen molar-refractivity contribution >= 4 is 29.5 Å². The highest BCUT2D eigenvalue weighted by atomic mass is 35.5. The van der Waals surface area contributed by atoms with Gasteiger partial charge in [0.15, 0.2) is 0 Å². The molecule has 1 heterocycles. The van der Waals surface area contributed by atoms with Crippen LogP contribution in [0.1, 0.15) is 31.7 Å². The summed E-state index contributed by atoms with van der Waals surface area (Å²) in [5, 5.41) is 3.79. The largest absolute Gasteiger partial charge is 0.374 e. The van der Waals surface area contributed by atoms with E-state index in [0.717, 1.165) is 47.9 Å². The Bertz CT molecular complexity index is 730. The van der Waals surface area contributed by atoms with E-state index in [1.54, 1.807) is 24.1 Å². The Hall–Kier alpha value is -1.34. The number of allylic oxidation sites excluding steroid dienone is 1. The first-order chi connectivity index (χ1) is 13.5. The topological polar surface area (TPSA) is 41.6 Å². The third kappa shape index (κ3) is 6.34. The summed E-state index contributed by atoms with van der Waals surface area (Å²) in [4.78, 5) is 13.5. The van der Waals surface area contributed by atoms with E-state index in [-0.39, 0.29) is 23.7 Å². The van der Waals surface area contributed by atoms with Crippen LogP contribution in [0.15, 0.2) is 46.4 Å². The Morgan fingerprint density at radius 1 is 1.32 bits per heavy atom. The van der Waals surface area contributed by atoms with Crippen LogP contribution in [0.5, 0.6) is 0 Å². The minimum atomic E-state index is -0.267. The summed E-state index contributed by atoms with van der Waals surface area (Å²) in [7, 11) is 0. The number of carbonyl (C=O) groups is 1. The van der Waals surface area contributed by atoms with Crippen molar-refractivity contribution in [3.63, 3.8) is 0 Å². The van der Waals surface area contributed by atoms with Gasteiger partial charge in [0, 0.05) is 48.5 Å². The number of benzene rings is 1. The monoisotopic (exact) mass is 424 g/mol. The van der Waals surface area contributed by atoms with Gasteiger partial charge in [-0.25, -0.2) is 8.70 Å². The number of amides is 1. The van der Waals surface area contributed by atoms with Crippen LogP contribution in [0.4, 0.5) is 4.39 Å². The molecule has 0 bridgehead atoms. The Morgan fingerprint density at radius 2 is 2.04 bits per heavy atom. The molecule has 1 fully saturated rings. The maximum Gasteiger partial charge on any atom is 0.223 e. The number of rotatable bonds is 7. The second kappa shape index (κ2) is 10.4. The van der Waals surface area contributed by atoms with E-state index < -0.39 is 0 Å². The summed E-state index contributed by atoms with van der Waals surface area (Å²) in [5.41, 5.74) is 0.902. The van der Waals surface area contributed by atoms with Gasteiger partial charge in [0.1, 0.15) is 5.82 Å². The molecular weight excluding hydrogens is 399 g/mol. The quantitative estimate of drug-likeness (QED) is 0.648. The molecule has 1 aromatic rings. The SMILES string of the molecule is CCOC1C=C(SN2CCC(C(=O)NCc3ccc(F)cc3)CC2)C=C(Cl)C1. The maximum atomic E-state index is 12.9. The molecule has 1 aromatic carbocycles. The molecule has 0 radical (unpaired) electrons. The lowest BCUT2D eigenvalue weighted by Crippen LogP contribution is -2.38. The predicted octanol–water partition coefficient (Wildman–Crippen LogP) is 4.62. The van der Waals surface area contributed by atoms with E-state index in [1.807, 2.05) is 13.0 Å². The van der Waals surface area contributed by atoms with E-state index >= 15 is 0 Å². The molecule has 7 heteroatoms. The molecule has 1 aliphatic heterocycles. The van der Waals surface area contributed by atoms with Crippen molar-refractivity contribution in [3.05, 3.63) is 57.7 Å². The smallest absolute Gasteiger partial charge is 0.223 e. The first-order valence-electron chi connectivity index (χ1n) is 9.68. The van der Waals surface area contributed by atoms with Crippen molar-refractivity contribution in [2.45, 2.75) is 38.8 Å². The van der Waals surface area contributed by atoms with Crippen LogP contribution in [0.2, 0.25) is 0 Å². The van der Waals surface area contributed by atoms with Crippen molar-refractivity contribution < 1.29 is 13.9 Å². The fourth-order valence-electron chi connectivity index (χ4n) is 3.37. The van der Waals surface area contributed by atoms with Gasteiger partial charge in [-0.15, -0.1) is 0 Å². The zero-order valence-electron chi connectivity index (χ0n) is 16.0. The Balaban J connectivity index is 1.43. The van der Waals surface area contributed by atoms with Crippen LogP contribution in [0.25, 0.3) is 0 Å². The lowest BCUT2D eigenvalue weighted by molar-refractivity contribution is -0.126.